The molecule has 0 aliphatic carbocycles. The lowest BCUT2D eigenvalue weighted by Gasteiger charge is -2.30. The molecule has 0 radical (unpaired) electrons. The Hall–Kier alpha value is -4.99. The Balaban J connectivity index is 1.45. The first-order chi connectivity index (χ1) is 20.3. The van der Waals surface area contributed by atoms with Crippen LogP contribution in [-0.4, -0.2) is 51.5 Å². The minimum atomic E-state index is -0.726. The third-order valence-electron chi connectivity index (χ3n) is 7.62. The van der Waals surface area contributed by atoms with Gasteiger partial charge in [0.1, 0.15) is 11.9 Å². The van der Waals surface area contributed by atoms with E-state index in [4.69, 9.17) is 4.74 Å². The van der Waals surface area contributed by atoms with Crippen molar-refractivity contribution in [2.24, 2.45) is 5.92 Å². The highest BCUT2D eigenvalue weighted by Crippen LogP contribution is 2.37. The number of carbonyl (C=O) groups excluding carboxylic acids is 2. The van der Waals surface area contributed by atoms with Gasteiger partial charge in [-0.2, -0.15) is 0 Å². The van der Waals surface area contributed by atoms with Gasteiger partial charge in [0.2, 0.25) is 5.91 Å². The van der Waals surface area contributed by atoms with E-state index < -0.39 is 12.1 Å². The number of nitro benzene ring substituents is 1. The molecule has 3 aromatic carbocycles. The van der Waals surface area contributed by atoms with Crippen LogP contribution < -0.4 is 5.32 Å². The number of aromatic amines is 1. The number of rotatable bonds is 8. The number of H-pyrrole nitrogens is 1. The summed E-state index contributed by atoms with van der Waals surface area (Å²) in [7, 11) is 1.27. The number of nitrogens with one attached hydrogen (secondary N) is 2. The number of nitro groups is 1. The molecule has 1 fully saturated rings. The highest BCUT2D eigenvalue weighted by Gasteiger charge is 2.37. The highest BCUT2D eigenvalue weighted by molar-refractivity contribution is 5.86. The number of aromatic nitrogens is 2. The molecule has 1 aliphatic rings. The molecule has 216 valence electrons. The zero-order valence-corrected chi connectivity index (χ0v) is 23.7. The van der Waals surface area contributed by atoms with Crippen LogP contribution in [-0.2, 0) is 9.53 Å². The fraction of sp³-hybridized carbons (Fsp3) is 0.281. The number of methoxy groups -OCH3 is 1. The Labute approximate surface area is 243 Å². The molecule has 4 aromatic rings. The molecule has 10 heteroatoms. The van der Waals surface area contributed by atoms with Crippen LogP contribution in [0.3, 0.4) is 0 Å². The van der Waals surface area contributed by atoms with Crippen LogP contribution in [0.5, 0.6) is 0 Å². The normalized spacial score (nSPS) is 15.4. The summed E-state index contributed by atoms with van der Waals surface area (Å²) in [6.07, 6.45) is 2.56. The van der Waals surface area contributed by atoms with Crippen molar-refractivity contribution in [1.82, 2.24) is 20.2 Å². The molecule has 2 amide bonds. The zero-order valence-electron chi connectivity index (χ0n) is 23.7. The minimum Gasteiger partial charge on any atom is -0.453 e. The molecule has 2 heterocycles. The molecule has 42 heavy (non-hydrogen) atoms. The van der Waals surface area contributed by atoms with Gasteiger partial charge < -0.3 is 19.9 Å². The monoisotopic (exact) mass is 567 g/mol. The summed E-state index contributed by atoms with van der Waals surface area (Å²) >= 11 is 0. The second-order valence-electron chi connectivity index (χ2n) is 10.7. The third-order valence-corrected chi connectivity index (χ3v) is 7.62. The van der Waals surface area contributed by atoms with Crippen LogP contribution in [0.1, 0.15) is 38.6 Å². The lowest BCUT2D eigenvalue weighted by molar-refractivity contribution is -0.384. The first-order valence-corrected chi connectivity index (χ1v) is 13.9. The molecule has 5 rings (SSSR count). The number of amides is 2. The first kappa shape index (κ1) is 28.5. The number of imidazole rings is 1. The Kier molecular flexibility index (Phi) is 8.33. The van der Waals surface area contributed by atoms with Crippen molar-refractivity contribution in [3.05, 3.63) is 94.9 Å². The lowest BCUT2D eigenvalue weighted by Crippen LogP contribution is -2.51. The predicted molar refractivity (Wildman–Crippen MR) is 159 cm³/mol. The van der Waals surface area contributed by atoms with E-state index in [1.165, 1.54) is 13.2 Å². The van der Waals surface area contributed by atoms with Gasteiger partial charge in [0.25, 0.3) is 5.69 Å². The van der Waals surface area contributed by atoms with Gasteiger partial charge >= 0.3 is 6.09 Å². The van der Waals surface area contributed by atoms with E-state index >= 15 is 0 Å². The Morgan fingerprint density at radius 1 is 1.02 bits per heavy atom. The van der Waals surface area contributed by atoms with Crippen LogP contribution in [0.15, 0.2) is 79.0 Å². The topological polar surface area (TPSA) is 130 Å². The fourth-order valence-corrected chi connectivity index (χ4v) is 5.44. The first-order valence-electron chi connectivity index (χ1n) is 13.9. The molecule has 0 saturated carbocycles. The van der Waals surface area contributed by atoms with Crippen LogP contribution >= 0.6 is 0 Å². The number of hydrogen-bond acceptors (Lipinski definition) is 6. The SMILES string of the molecule is COC(=O)N[C@H](C(=O)N1CCC[C@H]1c1ncc(-c2ccc([N+](=O)[O-])c(-c3cccc(-c4ccccc4)c3)c2)[nH]1)C(C)C. The van der Waals surface area contributed by atoms with E-state index in [-0.39, 0.29) is 28.5 Å². The highest BCUT2D eigenvalue weighted by atomic mass is 16.6. The summed E-state index contributed by atoms with van der Waals surface area (Å²) in [5, 5.41) is 14.6. The van der Waals surface area contributed by atoms with Crippen LogP contribution in [0, 0.1) is 16.0 Å². The summed E-state index contributed by atoms with van der Waals surface area (Å²) in [5.74, 6) is 0.304. The molecule has 1 aliphatic heterocycles. The van der Waals surface area contributed by atoms with Crippen molar-refractivity contribution in [2.75, 3.05) is 13.7 Å². The van der Waals surface area contributed by atoms with Crippen LogP contribution in [0.25, 0.3) is 33.5 Å². The molecule has 0 bridgehead atoms. The van der Waals surface area contributed by atoms with Crippen molar-refractivity contribution in [3.8, 4) is 33.5 Å². The van der Waals surface area contributed by atoms with E-state index in [1.54, 1.807) is 23.2 Å². The van der Waals surface area contributed by atoms with Crippen molar-refractivity contribution in [3.63, 3.8) is 0 Å². The van der Waals surface area contributed by atoms with Gasteiger partial charge in [0.05, 0.1) is 35.5 Å². The van der Waals surface area contributed by atoms with E-state index in [2.05, 4.69) is 15.3 Å². The average molecular weight is 568 g/mol. The molecular weight excluding hydrogens is 534 g/mol. The zero-order chi connectivity index (χ0) is 29.8. The fourth-order valence-electron chi connectivity index (χ4n) is 5.44. The number of ether oxygens (including phenoxy) is 1. The largest absolute Gasteiger partial charge is 0.453 e. The Morgan fingerprint density at radius 3 is 2.48 bits per heavy atom. The van der Waals surface area contributed by atoms with Crippen molar-refractivity contribution in [1.29, 1.82) is 0 Å². The van der Waals surface area contributed by atoms with Gasteiger partial charge in [-0.25, -0.2) is 9.78 Å². The minimum absolute atomic E-state index is 0.00842. The molecule has 10 nitrogen and oxygen atoms in total. The second kappa shape index (κ2) is 12.3. The van der Waals surface area contributed by atoms with Crippen molar-refractivity contribution in [2.45, 2.75) is 38.8 Å². The number of carbonyl (C=O) groups is 2. The van der Waals surface area contributed by atoms with E-state index in [1.807, 2.05) is 68.4 Å². The average Bonchev–Trinajstić information content (AvgIpc) is 3.70. The number of alkyl carbamates (subject to hydrolysis) is 1. The summed E-state index contributed by atoms with van der Waals surface area (Å²) in [6, 6.07) is 21.6. The van der Waals surface area contributed by atoms with Crippen LogP contribution in [0.4, 0.5) is 10.5 Å². The molecule has 2 N–H and O–H groups in total. The molecule has 0 spiro atoms. The van der Waals surface area contributed by atoms with Gasteiger partial charge in [0, 0.05) is 18.2 Å². The Morgan fingerprint density at radius 2 is 1.76 bits per heavy atom. The van der Waals surface area contributed by atoms with E-state index in [0.29, 0.717) is 23.6 Å². The number of likely N-dealkylation sites (tertiary alicyclic amines) is 1. The summed E-state index contributed by atoms with van der Waals surface area (Å²) in [4.78, 5) is 46.7. The van der Waals surface area contributed by atoms with Gasteiger partial charge in [-0.15, -0.1) is 0 Å². The molecule has 1 aromatic heterocycles. The quantitative estimate of drug-likeness (QED) is 0.188. The summed E-state index contributed by atoms with van der Waals surface area (Å²) in [5.41, 5.74) is 4.65. The van der Waals surface area contributed by atoms with Gasteiger partial charge in [-0.05, 0) is 53.6 Å². The molecule has 2 atom stereocenters. The van der Waals surface area contributed by atoms with E-state index in [0.717, 1.165) is 35.1 Å². The van der Waals surface area contributed by atoms with Crippen molar-refractivity contribution < 1.29 is 19.2 Å². The standard InChI is InChI=1S/C32H33N5O5/c1-20(2)29(35-32(39)42-3)31(38)36-16-8-13-28(36)30-33-19-26(34-30)24-14-15-27(37(40)41)25(18-24)23-12-7-11-22(17-23)21-9-5-4-6-10-21/h4-7,9-12,14-15,17-20,28-29H,8,13,16H2,1-3H3,(H,33,34)(H,35,39)/t28-,29-/m0/s1. The number of hydrogen-bond donors (Lipinski definition) is 2. The van der Waals surface area contributed by atoms with Gasteiger partial charge in [-0.1, -0.05) is 62.4 Å². The van der Waals surface area contributed by atoms with Crippen molar-refractivity contribution >= 4 is 17.7 Å². The van der Waals surface area contributed by atoms with Crippen LogP contribution in [0.2, 0.25) is 0 Å². The Bertz CT molecular complexity index is 1600. The maximum Gasteiger partial charge on any atom is 0.407 e. The maximum absolute atomic E-state index is 13.5. The predicted octanol–water partition coefficient (Wildman–Crippen LogP) is 6.36. The molecular formula is C32H33N5O5. The maximum atomic E-state index is 13.5. The smallest absolute Gasteiger partial charge is 0.407 e. The molecule has 1 saturated heterocycles. The molecule has 0 unspecified atom stereocenters. The second-order valence-corrected chi connectivity index (χ2v) is 10.7. The number of nitrogens with zero attached hydrogens (tertiary/aromatic N) is 3. The number of benzene rings is 3. The summed E-state index contributed by atoms with van der Waals surface area (Å²) < 4.78 is 4.72. The van der Waals surface area contributed by atoms with Gasteiger partial charge in [0.15, 0.2) is 0 Å². The lowest BCUT2D eigenvalue weighted by atomic mass is 9.96. The third kappa shape index (κ3) is 5.88. The van der Waals surface area contributed by atoms with Gasteiger partial charge in [-0.3, -0.25) is 14.9 Å². The van der Waals surface area contributed by atoms with E-state index in [9.17, 15) is 19.7 Å². The summed E-state index contributed by atoms with van der Waals surface area (Å²) in [6.45, 7) is 4.29.